The molecule has 0 aliphatic rings. The molecule has 0 spiro atoms. The predicted molar refractivity (Wildman–Crippen MR) is 63.4 cm³/mol. The van der Waals surface area contributed by atoms with Crippen molar-refractivity contribution in [3.8, 4) is 0 Å². The zero-order valence-electron chi connectivity index (χ0n) is 10.00. The van der Waals surface area contributed by atoms with Crippen molar-refractivity contribution in [1.82, 2.24) is 5.32 Å². The lowest BCUT2D eigenvalue weighted by Crippen LogP contribution is -2.41. The van der Waals surface area contributed by atoms with Crippen molar-refractivity contribution in [3.63, 3.8) is 0 Å². The van der Waals surface area contributed by atoms with Gasteiger partial charge in [0.1, 0.15) is 0 Å². The number of hydrogen-bond donors (Lipinski definition) is 1. The quantitative estimate of drug-likeness (QED) is 0.880. The van der Waals surface area contributed by atoms with E-state index in [4.69, 9.17) is 0 Å². The minimum absolute atomic E-state index is 0.331. The van der Waals surface area contributed by atoms with Crippen LogP contribution in [0.2, 0.25) is 0 Å². The van der Waals surface area contributed by atoms with Crippen molar-refractivity contribution >= 4 is 11.6 Å². The van der Waals surface area contributed by atoms with Crippen LogP contribution in [-0.2, 0) is 4.79 Å². The Hall–Kier alpha value is -1.56. The number of para-hydroxylation sites is 1. The lowest BCUT2D eigenvalue weighted by Gasteiger charge is -2.21. The number of rotatable bonds is 5. The summed E-state index contributed by atoms with van der Waals surface area (Å²) in [6, 6.07) is 8.84. The molecule has 0 saturated heterocycles. The number of halogens is 3. The van der Waals surface area contributed by atoms with Gasteiger partial charge in [-0.3, -0.25) is 4.79 Å². The van der Waals surface area contributed by atoms with Gasteiger partial charge in [-0.25, -0.2) is 0 Å². The van der Waals surface area contributed by atoms with Crippen molar-refractivity contribution < 1.29 is 18.0 Å². The van der Waals surface area contributed by atoms with Gasteiger partial charge in [0.25, 0.3) is 0 Å². The second-order valence-electron chi connectivity index (χ2n) is 3.69. The minimum atomic E-state index is -4.30. The highest BCUT2D eigenvalue weighted by molar-refractivity contribution is 5.94. The van der Waals surface area contributed by atoms with Gasteiger partial charge in [-0.05, 0) is 19.1 Å². The molecule has 0 aromatic heterocycles. The average Bonchev–Trinajstić information content (AvgIpc) is 2.29. The Bertz CT molecular complexity index is 379. The number of hydrogen-bond acceptors (Lipinski definition) is 2. The molecule has 1 aromatic carbocycles. The average molecular weight is 260 g/mol. The fourth-order valence-electron chi connectivity index (χ4n) is 1.52. The number of nitrogens with zero attached hydrogens (tertiary/aromatic N) is 1. The summed E-state index contributed by atoms with van der Waals surface area (Å²) in [6.07, 6.45) is -4.30. The third-order valence-corrected chi connectivity index (χ3v) is 2.29. The summed E-state index contributed by atoms with van der Waals surface area (Å²) in [5.41, 5.74) is 0.679. The van der Waals surface area contributed by atoms with Crippen molar-refractivity contribution in [2.24, 2.45) is 0 Å². The van der Waals surface area contributed by atoms with E-state index in [2.05, 4.69) is 5.32 Å². The molecule has 0 heterocycles. The Morgan fingerprint density at radius 2 is 1.89 bits per heavy atom. The van der Waals surface area contributed by atoms with E-state index >= 15 is 0 Å². The van der Waals surface area contributed by atoms with Crippen LogP contribution in [0.5, 0.6) is 0 Å². The number of anilines is 1. The highest BCUT2D eigenvalue weighted by Crippen LogP contribution is 2.14. The van der Waals surface area contributed by atoms with Gasteiger partial charge in [-0.2, -0.15) is 13.2 Å². The summed E-state index contributed by atoms with van der Waals surface area (Å²) in [5, 5.41) is 2.09. The zero-order valence-corrected chi connectivity index (χ0v) is 10.00. The van der Waals surface area contributed by atoms with E-state index in [0.717, 1.165) is 0 Å². The smallest absolute Gasteiger partial charge is 0.312 e. The highest BCUT2D eigenvalue weighted by Gasteiger charge is 2.27. The molecule has 6 heteroatoms. The maximum absolute atomic E-state index is 11.9. The maximum Gasteiger partial charge on any atom is 0.401 e. The molecular formula is C12H15F3N2O. The van der Waals surface area contributed by atoms with Crippen molar-refractivity contribution in [2.75, 3.05) is 24.5 Å². The molecule has 1 amide bonds. The normalized spacial score (nSPS) is 11.3. The van der Waals surface area contributed by atoms with E-state index in [9.17, 15) is 18.0 Å². The van der Waals surface area contributed by atoms with E-state index < -0.39 is 12.7 Å². The molecule has 0 fully saturated rings. The van der Waals surface area contributed by atoms with Gasteiger partial charge in [0.15, 0.2) is 0 Å². The molecule has 1 N–H and O–H groups in total. The first-order valence-corrected chi connectivity index (χ1v) is 5.57. The number of alkyl halides is 3. The number of amides is 1. The third kappa shape index (κ3) is 4.75. The van der Waals surface area contributed by atoms with Crippen LogP contribution < -0.4 is 10.2 Å². The summed E-state index contributed by atoms with van der Waals surface area (Å²) in [6.45, 7) is 0.693. The molecule has 0 saturated carbocycles. The molecular weight excluding hydrogens is 245 g/mol. The lowest BCUT2D eigenvalue weighted by atomic mass is 10.3. The van der Waals surface area contributed by atoms with Crippen LogP contribution >= 0.6 is 0 Å². The van der Waals surface area contributed by atoms with Crippen molar-refractivity contribution in [1.29, 1.82) is 0 Å². The summed E-state index contributed by atoms with van der Waals surface area (Å²) in [5.74, 6) is -0.382. The molecule has 0 radical (unpaired) electrons. The fourth-order valence-corrected chi connectivity index (χ4v) is 1.52. The second kappa shape index (κ2) is 6.39. The Morgan fingerprint density at radius 3 is 2.39 bits per heavy atom. The number of benzene rings is 1. The van der Waals surface area contributed by atoms with Crippen molar-refractivity contribution in [2.45, 2.75) is 13.1 Å². The second-order valence-corrected chi connectivity index (χ2v) is 3.69. The van der Waals surface area contributed by atoms with Gasteiger partial charge in [0.2, 0.25) is 5.91 Å². The molecule has 0 aliphatic heterocycles. The Balaban J connectivity index is 2.54. The standard InChI is InChI=1S/C12H15F3N2O/c1-2-17(10-6-4-3-5-7-10)11(18)8-16-9-12(13,14)15/h3-7,16H,2,8-9H2,1H3. The lowest BCUT2D eigenvalue weighted by molar-refractivity contribution is -0.127. The van der Waals surface area contributed by atoms with Crippen LogP contribution in [0.4, 0.5) is 18.9 Å². The molecule has 0 aliphatic carbocycles. The summed E-state index contributed by atoms with van der Waals surface area (Å²) in [4.78, 5) is 13.2. The van der Waals surface area contributed by atoms with Crippen LogP contribution in [0, 0.1) is 0 Å². The first kappa shape index (κ1) is 14.5. The summed E-state index contributed by atoms with van der Waals surface area (Å²) >= 11 is 0. The molecule has 3 nitrogen and oxygen atoms in total. The number of carbonyl (C=O) groups excluding carboxylic acids is 1. The molecule has 18 heavy (non-hydrogen) atoms. The first-order chi connectivity index (χ1) is 8.44. The van der Waals surface area contributed by atoms with Crippen LogP contribution in [-0.4, -0.2) is 31.7 Å². The maximum atomic E-state index is 11.9. The number of carbonyl (C=O) groups is 1. The molecule has 1 rings (SSSR count). The van der Waals surface area contributed by atoms with Crippen LogP contribution in [0.15, 0.2) is 30.3 Å². The van der Waals surface area contributed by atoms with E-state index in [-0.39, 0.29) is 12.5 Å². The fraction of sp³-hybridized carbons (Fsp3) is 0.417. The van der Waals surface area contributed by atoms with Crippen LogP contribution in [0.1, 0.15) is 6.92 Å². The first-order valence-electron chi connectivity index (χ1n) is 5.57. The zero-order chi connectivity index (χ0) is 13.6. The van der Waals surface area contributed by atoms with Gasteiger partial charge in [0, 0.05) is 12.2 Å². The minimum Gasteiger partial charge on any atom is -0.312 e. The predicted octanol–water partition coefficient (Wildman–Crippen LogP) is 2.19. The van der Waals surface area contributed by atoms with Gasteiger partial charge < -0.3 is 10.2 Å². The van der Waals surface area contributed by atoms with Gasteiger partial charge in [0.05, 0.1) is 13.1 Å². The van der Waals surface area contributed by atoms with Gasteiger partial charge in [-0.15, -0.1) is 0 Å². The van der Waals surface area contributed by atoms with Gasteiger partial charge in [-0.1, -0.05) is 18.2 Å². The highest BCUT2D eigenvalue weighted by atomic mass is 19.4. The van der Waals surface area contributed by atoms with E-state index in [0.29, 0.717) is 12.2 Å². The molecule has 1 aromatic rings. The van der Waals surface area contributed by atoms with Crippen molar-refractivity contribution in [3.05, 3.63) is 30.3 Å². The Kier molecular flexibility index (Phi) is 5.15. The summed E-state index contributed by atoms with van der Waals surface area (Å²) < 4.78 is 35.8. The Morgan fingerprint density at radius 1 is 1.28 bits per heavy atom. The number of likely N-dealkylation sites (N-methyl/N-ethyl adjacent to an activating group) is 1. The van der Waals surface area contributed by atoms with E-state index in [1.54, 1.807) is 31.2 Å². The Labute approximate surface area is 104 Å². The van der Waals surface area contributed by atoms with E-state index in [1.807, 2.05) is 6.07 Å². The molecule has 0 atom stereocenters. The SMILES string of the molecule is CCN(C(=O)CNCC(F)(F)F)c1ccccc1. The van der Waals surface area contributed by atoms with Crippen LogP contribution in [0.3, 0.4) is 0 Å². The largest absolute Gasteiger partial charge is 0.401 e. The van der Waals surface area contributed by atoms with E-state index in [1.165, 1.54) is 4.90 Å². The molecule has 0 unspecified atom stereocenters. The molecule has 100 valence electrons. The third-order valence-electron chi connectivity index (χ3n) is 2.29. The summed E-state index contributed by atoms with van der Waals surface area (Å²) in [7, 11) is 0. The van der Waals surface area contributed by atoms with Gasteiger partial charge >= 0.3 is 6.18 Å². The van der Waals surface area contributed by atoms with Crippen LogP contribution in [0.25, 0.3) is 0 Å². The topological polar surface area (TPSA) is 32.3 Å². The number of nitrogens with one attached hydrogen (secondary N) is 1. The molecule has 0 bridgehead atoms. The monoisotopic (exact) mass is 260 g/mol.